The van der Waals surface area contributed by atoms with Crippen molar-refractivity contribution in [3.63, 3.8) is 0 Å². The van der Waals surface area contributed by atoms with E-state index in [0.29, 0.717) is 22.4 Å². The van der Waals surface area contributed by atoms with Gasteiger partial charge in [0.2, 0.25) is 0 Å². The van der Waals surface area contributed by atoms with E-state index in [1.807, 2.05) is 0 Å². The van der Waals surface area contributed by atoms with Crippen molar-refractivity contribution in [1.82, 2.24) is 9.97 Å². The highest BCUT2D eigenvalue weighted by atomic mass is 16.5. The number of aromatic nitrogens is 2. The Kier molecular flexibility index (Phi) is 2.40. The Morgan fingerprint density at radius 3 is 2.50 bits per heavy atom. The number of nitrogens with one attached hydrogen (secondary N) is 1. The number of ether oxygens (including phenoxy) is 2. The highest BCUT2D eigenvalue weighted by molar-refractivity contribution is 5.90. The highest BCUT2D eigenvalue weighted by Gasteiger charge is 2.09. The summed E-state index contributed by atoms with van der Waals surface area (Å²) in [6.07, 6.45) is 0. The van der Waals surface area contributed by atoms with Gasteiger partial charge in [0.1, 0.15) is 5.82 Å². The van der Waals surface area contributed by atoms with Crippen LogP contribution in [0.4, 0.5) is 5.82 Å². The monoisotopic (exact) mass is 221 g/mol. The van der Waals surface area contributed by atoms with Gasteiger partial charge in [0.15, 0.2) is 11.5 Å². The number of fused-ring (bicyclic) bond motifs is 1. The number of nitrogens with zero attached hydrogens (tertiary/aromatic N) is 1. The summed E-state index contributed by atoms with van der Waals surface area (Å²) in [4.78, 5) is 17.3. The Labute approximate surface area is 91.0 Å². The van der Waals surface area contributed by atoms with Crippen molar-refractivity contribution in [3.8, 4) is 11.5 Å². The highest BCUT2D eigenvalue weighted by Crippen LogP contribution is 2.32. The van der Waals surface area contributed by atoms with Crippen LogP contribution in [0.1, 0.15) is 0 Å². The Morgan fingerprint density at radius 1 is 1.25 bits per heavy atom. The summed E-state index contributed by atoms with van der Waals surface area (Å²) in [5.41, 5.74) is 5.72. The average Bonchev–Trinajstić information content (AvgIpc) is 2.27. The fourth-order valence-electron chi connectivity index (χ4n) is 1.51. The average molecular weight is 221 g/mol. The number of hydrogen-bond acceptors (Lipinski definition) is 5. The third-order valence-electron chi connectivity index (χ3n) is 2.26. The Hall–Kier alpha value is -2.24. The molecule has 1 heterocycles. The Balaban J connectivity index is 2.83. The first-order chi connectivity index (χ1) is 7.65. The molecule has 0 aliphatic rings. The zero-order chi connectivity index (χ0) is 11.7. The molecule has 6 nitrogen and oxygen atoms in total. The molecule has 0 saturated carbocycles. The van der Waals surface area contributed by atoms with Gasteiger partial charge in [-0.15, -0.1) is 0 Å². The van der Waals surface area contributed by atoms with Crippen LogP contribution in [-0.4, -0.2) is 24.2 Å². The number of nitrogen functional groups attached to an aromatic ring is 1. The third kappa shape index (κ3) is 1.54. The van der Waals surface area contributed by atoms with Crippen molar-refractivity contribution in [1.29, 1.82) is 0 Å². The van der Waals surface area contributed by atoms with Crippen molar-refractivity contribution in [2.24, 2.45) is 0 Å². The molecule has 3 N–H and O–H groups in total. The SMILES string of the molecule is COc1cc2[nH]c(=O)nc(N)c2cc1OC. The van der Waals surface area contributed by atoms with Gasteiger partial charge in [0.05, 0.1) is 19.7 Å². The lowest BCUT2D eigenvalue weighted by Gasteiger charge is -2.09. The zero-order valence-electron chi connectivity index (χ0n) is 8.90. The van der Waals surface area contributed by atoms with Crippen molar-refractivity contribution in [2.45, 2.75) is 0 Å². The van der Waals surface area contributed by atoms with Crippen LogP contribution in [0.15, 0.2) is 16.9 Å². The molecule has 84 valence electrons. The lowest BCUT2D eigenvalue weighted by molar-refractivity contribution is 0.356. The smallest absolute Gasteiger partial charge is 0.347 e. The van der Waals surface area contributed by atoms with Gasteiger partial charge in [-0.2, -0.15) is 4.98 Å². The van der Waals surface area contributed by atoms with Crippen LogP contribution in [-0.2, 0) is 0 Å². The van der Waals surface area contributed by atoms with E-state index in [4.69, 9.17) is 15.2 Å². The van der Waals surface area contributed by atoms with E-state index < -0.39 is 5.69 Å². The normalized spacial score (nSPS) is 10.4. The second-order valence-corrected chi connectivity index (χ2v) is 3.18. The molecule has 0 unspecified atom stereocenters. The van der Waals surface area contributed by atoms with Crippen molar-refractivity contribution in [2.75, 3.05) is 20.0 Å². The van der Waals surface area contributed by atoms with Gasteiger partial charge in [0, 0.05) is 11.5 Å². The van der Waals surface area contributed by atoms with E-state index >= 15 is 0 Å². The van der Waals surface area contributed by atoms with E-state index in [-0.39, 0.29) is 5.82 Å². The van der Waals surface area contributed by atoms with Crippen LogP contribution in [0.3, 0.4) is 0 Å². The molecule has 0 amide bonds. The van der Waals surface area contributed by atoms with E-state index in [2.05, 4.69) is 9.97 Å². The van der Waals surface area contributed by atoms with E-state index in [1.54, 1.807) is 12.1 Å². The van der Waals surface area contributed by atoms with Crippen LogP contribution in [0.2, 0.25) is 0 Å². The van der Waals surface area contributed by atoms with Gasteiger partial charge in [-0.3, -0.25) is 0 Å². The molecule has 0 fully saturated rings. The zero-order valence-corrected chi connectivity index (χ0v) is 8.90. The van der Waals surface area contributed by atoms with Crippen molar-refractivity contribution >= 4 is 16.7 Å². The van der Waals surface area contributed by atoms with Crippen LogP contribution in [0.25, 0.3) is 10.9 Å². The largest absolute Gasteiger partial charge is 0.493 e. The van der Waals surface area contributed by atoms with Gasteiger partial charge in [-0.05, 0) is 6.07 Å². The summed E-state index contributed by atoms with van der Waals surface area (Å²) >= 11 is 0. The molecular formula is C10H11N3O3. The van der Waals surface area contributed by atoms with E-state index in [0.717, 1.165) is 0 Å². The number of H-pyrrole nitrogens is 1. The summed E-state index contributed by atoms with van der Waals surface area (Å²) in [5, 5.41) is 0.622. The van der Waals surface area contributed by atoms with Gasteiger partial charge in [0.25, 0.3) is 0 Å². The molecule has 0 aliphatic heterocycles. The molecule has 2 aromatic rings. The standard InChI is InChI=1S/C10H11N3O3/c1-15-7-3-5-6(4-8(7)16-2)12-10(14)13-9(5)11/h3-4H,1-2H3,(H3,11,12,13,14). The predicted molar refractivity (Wildman–Crippen MR) is 59.9 cm³/mol. The molecule has 0 atom stereocenters. The number of aromatic amines is 1. The van der Waals surface area contributed by atoms with E-state index in [1.165, 1.54) is 14.2 Å². The first-order valence-corrected chi connectivity index (χ1v) is 4.57. The molecule has 0 aliphatic carbocycles. The molecule has 1 aromatic heterocycles. The number of nitrogens with two attached hydrogens (primary N) is 1. The van der Waals surface area contributed by atoms with Crippen molar-refractivity contribution in [3.05, 3.63) is 22.6 Å². The summed E-state index contributed by atoms with van der Waals surface area (Å²) in [6, 6.07) is 3.32. The second-order valence-electron chi connectivity index (χ2n) is 3.18. The lowest BCUT2D eigenvalue weighted by Crippen LogP contribution is -2.12. The molecular weight excluding hydrogens is 210 g/mol. The minimum atomic E-state index is -0.489. The van der Waals surface area contributed by atoms with Crippen LogP contribution < -0.4 is 20.9 Å². The molecule has 2 rings (SSSR count). The van der Waals surface area contributed by atoms with Crippen LogP contribution in [0, 0.1) is 0 Å². The quantitative estimate of drug-likeness (QED) is 0.771. The number of rotatable bonds is 2. The van der Waals surface area contributed by atoms with E-state index in [9.17, 15) is 4.79 Å². The maximum absolute atomic E-state index is 11.1. The maximum atomic E-state index is 11.1. The fraction of sp³-hybridized carbons (Fsp3) is 0.200. The molecule has 0 radical (unpaired) electrons. The predicted octanol–water partition coefficient (Wildman–Crippen LogP) is 0.522. The topological polar surface area (TPSA) is 90.2 Å². The number of hydrogen-bond donors (Lipinski definition) is 2. The van der Waals surface area contributed by atoms with Crippen LogP contribution >= 0.6 is 0 Å². The minimum absolute atomic E-state index is 0.166. The van der Waals surface area contributed by atoms with Gasteiger partial charge >= 0.3 is 5.69 Å². The van der Waals surface area contributed by atoms with Gasteiger partial charge in [-0.25, -0.2) is 4.79 Å². The second kappa shape index (κ2) is 3.73. The molecule has 16 heavy (non-hydrogen) atoms. The maximum Gasteiger partial charge on any atom is 0.347 e. The first kappa shape index (κ1) is 10.3. The first-order valence-electron chi connectivity index (χ1n) is 4.57. The fourth-order valence-corrected chi connectivity index (χ4v) is 1.51. The number of methoxy groups -OCH3 is 2. The Bertz CT molecular complexity index is 592. The summed E-state index contributed by atoms with van der Waals surface area (Å²) < 4.78 is 10.2. The summed E-state index contributed by atoms with van der Waals surface area (Å²) in [6.45, 7) is 0. The summed E-state index contributed by atoms with van der Waals surface area (Å²) in [5.74, 6) is 1.23. The molecule has 6 heteroatoms. The number of benzene rings is 1. The molecule has 1 aromatic carbocycles. The number of anilines is 1. The molecule has 0 spiro atoms. The summed E-state index contributed by atoms with van der Waals surface area (Å²) in [7, 11) is 3.05. The molecule has 0 saturated heterocycles. The Morgan fingerprint density at radius 2 is 1.88 bits per heavy atom. The lowest BCUT2D eigenvalue weighted by atomic mass is 10.2. The minimum Gasteiger partial charge on any atom is -0.493 e. The van der Waals surface area contributed by atoms with Gasteiger partial charge < -0.3 is 20.2 Å². The molecule has 0 bridgehead atoms. The van der Waals surface area contributed by atoms with Gasteiger partial charge in [-0.1, -0.05) is 0 Å². The third-order valence-corrected chi connectivity index (χ3v) is 2.26. The van der Waals surface area contributed by atoms with Crippen LogP contribution in [0.5, 0.6) is 11.5 Å². The van der Waals surface area contributed by atoms with Crippen molar-refractivity contribution < 1.29 is 9.47 Å².